The fourth-order valence-corrected chi connectivity index (χ4v) is 8.67. The van der Waals surface area contributed by atoms with Crippen LogP contribution in [0, 0.1) is 46.3 Å². The molecule has 28 heavy (non-hydrogen) atoms. The molecule has 0 amide bonds. The van der Waals surface area contributed by atoms with Crippen molar-refractivity contribution in [1.29, 1.82) is 0 Å². The molecule has 3 fully saturated rings. The van der Waals surface area contributed by atoms with Gasteiger partial charge in [-0.2, -0.15) is 0 Å². The SMILES string of the molecule is CC(C)CCCC(C)C1CCC2[C@@H]3CC=C4C[C@@H]([18OH])CC[C@]4(C)C3CC[C@]12C. The molecule has 1 N–H and O–H groups in total. The molecule has 4 aliphatic carbocycles. The third-order valence-corrected chi connectivity index (χ3v) is 10.3. The summed E-state index contributed by atoms with van der Waals surface area (Å²) in [5, 5.41) is 10.2. The van der Waals surface area contributed by atoms with Crippen LogP contribution in [0.15, 0.2) is 11.6 Å². The second-order valence-electron chi connectivity index (χ2n) is 12.2. The van der Waals surface area contributed by atoms with Gasteiger partial charge in [0.15, 0.2) is 0 Å². The van der Waals surface area contributed by atoms with E-state index in [0.717, 1.165) is 48.3 Å². The molecule has 0 aromatic carbocycles. The summed E-state index contributed by atoms with van der Waals surface area (Å²) in [7, 11) is 0. The van der Waals surface area contributed by atoms with Gasteiger partial charge in [-0.3, -0.25) is 0 Å². The van der Waals surface area contributed by atoms with Crippen LogP contribution in [0.25, 0.3) is 0 Å². The lowest BCUT2D eigenvalue weighted by atomic mass is 9.47. The topological polar surface area (TPSA) is 20.2 Å². The molecule has 0 heterocycles. The molecule has 4 rings (SSSR count). The standard InChI is InChI=1S/C27H46O/c1-18(2)7-6-8-19(3)23-11-12-24-22-10-9-20-17-21(28)13-15-26(20,4)25(22)14-16-27(23,24)5/h9,18-19,21-25,28H,6-8,10-17H2,1-5H3/t19?,21-,22-,23?,24?,25?,26-,27+/m0/s1/i28+2. The van der Waals surface area contributed by atoms with Crippen molar-refractivity contribution in [1.82, 2.24) is 0 Å². The lowest BCUT2D eigenvalue weighted by molar-refractivity contribution is -0.0573. The molecule has 0 bridgehead atoms. The number of rotatable bonds is 5. The third-order valence-electron chi connectivity index (χ3n) is 10.3. The number of hydrogen-bond donors (Lipinski definition) is 1. The molecule has 4 aliphatic rings. The number of allylic oxidation sites excluding steroid dienone is 1. The molecular weight excluding hydrogens is 342 g/mol. The van der Waals surface area contributed by atoms with Crippen LogP contribution < -0.4 is 0 Å². The maximum absolute atomic E-state index is 10.2. The maximum atomic E-state index is 10.2. The van der Waals surface area contributed by atoms with E-state index in [1.807, 2.05) is 0 Å². The molecule has 1 nitrogen and oxygen atoms in total. The second kappa shape index (κ2) is 7.75. The van der Waals surface area contributed by atoms with Gasteiger partial charge < -0.3 is 5.11 Å². The number of hydrogen-bond acceptors (Lipinski definition) is 1. The van der Waals surface area contributed by atoms with Crippen molar-refractivity contribution >= 4 is 0 Å². The van der Waals surface area contributed by atoms with Crippen LogP contribution in [0.1, 0.15) is 105 Å². The van der Waals surface area contributed by atoms with E-state index in [2.05, 4.69) is 40.7 Å². The second-order valence-corrected chi connectivity index (χ2v) is 12.2. The minimum atomic E-state index is -0.0766. The summed E-state index contributed by atoms with van der Waals surface area (Å²) >= 11 is 0. The first kappa shape index (κ1) is 21.0. The summed E-state index contributed by atoms with van der Waals surface area (Å²) in [5.41, 5.74) is 2.60. The lowest BCUT2D eigenvalue weighted by Gasteiger charge is -2.58. The predicted octanol–water partition coefficient (Wildman–Crippen LogP) is 7.39. The van der Waals surface area contributed by atoms with Crippen molar-refractivity contribution in [2.24, 2.45) is 46.3 Å². The summed E-state index contributed by atoms with van der Waals surface area (Å²) in [6.07, 6.45) is 17.2. The van der Waals surface area contributed by atoms with Gasteiger partial charge >= 0.3 is 0 Å². The quantitative estimate of drug-likeness (QED) is 0.384. The number of aliphatic hydroxyl groups excluding tert-OH is 1. The first-order valence-corrected chi connectivity index (χ1v) is 12.6. The van der Waals surface area contributed by atoms with Gasteiger partial charge in [-0.1, -0.05) is 65.5 Å². The van der Waals surface area contributed by atoms with Crippen molar-refractivity contribution in [2.75, 3.05) is 0 Å². The van der Waals surface area contributed by atoms with Gasteiger partial charge in [0.05, 0.1) is 6.10 Å². The lowest BCUT2D eigenvalue weighted by Crippen LogP contribution is -2.50. The van der Waals surface area contributed by atoms with Gasteiger partial charge in [0.2, 0.25) is 0 Å². The Bertz CT molecular complexity index is 591. The van der Waals surface area contributed by atoms with Crippen LogP contribution in [-0.2, 0) is 0 Å². The molecule has 0 aromatic heterocycles. The van der Waals surface area contributed by atoms with Crippen LogP contribution in [0.4, 0.5) is 0 Å². The molecule has 0 radical (unpaired) electrons. The van der Waals surface area contributed by atoms with Gasteiger partial charge in [-0.05, 0) is 97.7 Å². The zero-order valence-corrected chi connectivity index (χ0v) is 19.3. The smallest absolute Gasteiger partial charge is 0.0577 e. The summed E-state index contributed by atoms with van der Waals surface area (Å²) < 4.78 is 0. The Balaban J connectivity index is 1.49. The highest BCUT2D eigenvalue weighted by Gasteiger charge is 2.59. The van der Waals surface area contributed by atoms with E-state index in [4.69, 9.17) is 0 Å². The fraction of sp³-hybridized carbons (Fsp3) is 0.926. The number of fused-ring (bicyclic) bond motifs is 5. The van der Waals surface area contributed by atoms with Crippen LogP contribution >= 0.6 is 0 Å². The highest BCUT2D eigenvalue weighted by Crippen LogP contribution is 2.67. The third kappa shape index (κ3) is 3.42. The molecule has 4 unspecified atom stereocenters. The predicted molar refractivity (Wildman–Crippen MR) is 119 cm³/mol. The van der Waals surface area contributed by atoms with Gasteiger partial charge in [0, 0.05) is 0 Å². The van der Waals surface area contributed by atoms with E-state index < -0.39 is 0 Å². The maximum Gasteiger partial charge on any atom is 0.0577 e. The first-order chi connectivity index (χ1) is 13.3. The number of aliphatic hydroxyl groups is 1. The zero-order valence-electron chi connectivity index (χ0n) is 19.3. The molecule has 0 aliphatic heterocycles. The van der Waals surface area contributed by atoms with Gasteiger partial charge in [0.1, 0.15) is 0 Å². The van der Waals surface area contributed by atoms with Gasteiger partial charge in [-0.15, -0.1) is 0 Å². The molecule has 0 aromatic rings. The van der Waals surface area contributed by atoms with E-state index in [0.29, 0.717) is 10.8 Å². The summed E-state index contributed by atoms with van der Waals surface area (Å²) in [6.45, 7) is 12.6. The normalized spacial score (nSPS) is 46.5. The van der Waals surface area contributed by atoms with Crippen molar-refractivity contribution in [2.45, 2.75) is 111 Å². The Morgan fingerprint density at radius 1 is 1.00 bits per heavy atom. The van der Waals surface area contributed by atoms with Gasteiger partial charge in [-0.25, -0.2) is 0 Å². The summed E-state index contributed by atoms with van der Waals surface area (Å²) in [4.78, 5) is 0. The molecular formula is C27H46O. The van der Waals surface area contributed by atoms with Crippen LogP contribution in [0.3, 0.4) is 0 Å². The van der Waals surface area contributed by atoms with Crippen molar-refractivity contribution in [3.8, 4) is 0 Å². The van der Waals surface area contributed by atoms with E-state index in [1.165, 1.54) is 57.8 Å². The molecule has 1 heteroatoms. The highest BCUT2D eigenvalue weighted by atomic mass is 18.2. The Kier molecular flexibility index (Phi) is 5.80. The Hall–Kier alpha value is -0.300. The Labute approximate surface area is 174 Å². The van der Waals surface area contributed by atoms with E-state index in [-0.39, 0.29) is 6.10 Å². The zero-order chi connectivity index (χ0) is 20.1. The summed E-state index contributed by atoms with van der Waals surface area (Å²) in [5.74, 6) is 5.46. The average Bonchev–Trinajstić information content (AvgIpc) is 2.99. The monoisotopic (exact) mass is 388 g/mol. The Morgan fingerprint density at radius 2 is 1.79 bits per heavy atom. The van der Waals surface area contributed by atoms with E-state index in [1.54, 1.807) is 5.57 Å². The minimum Gasteiger partial charge on any atom is -0.393 e. The first-order valence-electron chi connectivity index (χ1n) is 12.6. The van der Waals surface area contributed by atoms with Gasteiger partial charge in [0.25, 0.3) is 0 Å². The molecule has 0 spiro atoms. The minimum absolute atomic E-state index is 0.0766. The largest absolute Gasteiger partial charge is 0.393 e. The van der Waals surface area contributed by atoms with Crippen LogP contribution in [0.2, 0.25) is 0 Å². The van der Waals surface area contributed by atoms with Crippen molar-refractivity contribution in [3.63, 3.8) is 0 Å². The van der Waals surface area contributed by atoms with E-state index in [9.17, 15) is 5.11 Å². The average molecular weight is 389 g/mol. The molecule has 160 valence electrons. The summed E-state index contributed by atoms with van der Waals surface area (Å²) in [6, 6.07) is 0. The van der Waals surface area contributed by atoms with E-state index >= 15 is 0 Å². The van der Waals surface area contributed by atoms with Crippen LogP contribution in [-0.4, -0.2) is 11.2 Å². The highest BCUT2D eigenvalue weighted by molar-refractivity contribution is 5.25. The van der Waals surface area contributed by atoms with Crippen LogP contribution in [0.5, 0.6) is 0 Å². The molecule has 0 saturated heterocycles. The van der Waals surface area contributed by atoms with Crippen molar-refractivity contribution in [3.05, 3.63) is 11.6 Å². The van der Waals surface area contributed by atoms with Crippen molar-refractivity contribution < 1.29 is 5.11 Å². The molecule has 8 atom stereocenters. The molecule has 3 saturated carbocycles. The Morgan fingerprint density at radius 3 is 2.54 bits per heavy atom. The fourth-order valence-electron chi connectivity index (χ4n) is 8.67.